The van der Waals surface area contributed by atoms with Crippen molar-refractivity contribution in [1.29, 1.82) is 0 Å². The van der Waals surface area contributed by atoms with E-state index in [9.17, 15) is 0 Å². The molecule has 1 N–H and O–H groups in total. The van der Waals surface area contributed by atoms with Crippen LogP contribution in [0.4, 0.5) is 0 Å². The molecule has 0 saturated carbocycles. The molecule has 0 bridgehead atoms. The first-order valence-electron chi connectivity index (χ1n) is 5.79. The molecule has 2 aromatic rings. The van der Waals surface area contributed by atoms with Gasteiger partial charge in [0.15, 0.2) is 0 Å². The van der Waals surface area contributed by atoms with Gasteiger partial charge in [-0.1, -0.05) is 11.6 Å². The standard InChI is InChI=1S/C12H12BrClN2S2/c1-15-10(9-5-6(13)11(14)17-9)12-16-7-3-2-4-8(7)18-12/h5,10,15H,2-4H2,1H3. The average Bonchev–Trinajstić information content (AvgIpc) is 2.96. The zero-order chi connectivity index (χ0) is 12.7. The minimum Gasteiger partial charge on any atom is -0.307 e. The summed E-state index contributed by atoms with van der Waals surface area (Å²) in [7, 11) is 1.97. The number of halogens is 2. The van der Waals surface area contributed by atoms with Crippen LogP contribution in [0, 0.1) is 0 Å². The van der Waals surface area contributed by atoms with E-state index in [0.29, 0.717) is 0 Å². The number of thiophene rings is 1. The molecule has 0 radical (unpaired) electrons. The summed E-state index contributed by atoms with van der Waals surface area (Å²) in [6, 6.07) is 2.25. The molecule has 2 nitrogen and oxygen atoms in total. The van der Waals surface area contributed by atoms with Crippen molar-refractivity contribution in [1.82, 2.24) is 10.3 Å². The number of rotatable bonds is 3. The van der Waals surface area contributed by atoms with E-state index in [-0.39, 0.29) is 6.04 Å². The van der Waals surface area contributed by atoms with Crippen molar-refractivity contribution in [2.75, 3.05) is 7.05 Å². The van der Waals surface area contributed by atoms with Gasteiger partial charge in [-0.15, -0.1) is 22.7 Å². The second-order valence-electron chi connectivity index (χ2n) is 4.27. The zero-order valence-electron chi connectivity index (χ0n) is 9.80. The van der Waals surface area contributed by atoms with Crippen LogP contribution in [0.1, 0.15) is 32.9 Å². The summed E-state index contributed by atoms with van der Waals surface area (Å²) in [6.07, 6.45) is 3.59. The summed E-state index contributed by atoms with van der Waals surface area (Å²) in [5.74, 6) is 0. The van der Waals surface area contributed by atoms with E-state index in [1.165, 1.54) is 28.3 Å². The Balaban J connectivity index is 1.96. The topological polar surface area (TPSA) is 24.9 Å². The highest BCUT2D eigenvalue weighted by Gasteiger charge is 2.23. The first-order chi connectivity index (χ1) is 8.69. The highest BCUT2D eigenvalue weighted by Crippen LogP contribution is 2.39. The summed E-state index contributed by atoms with van der Waals surface area (Å²) in [5, 5.41) is 4.50. The van der Waals surface area contributed by atoms with Crippen molar-refractivity contribution in [3.63, 3.8) is 0 Å². The molecule has 1 aliphatic carbocycles. The van der Waals surface area contributed by atoms with E-state index < -0.39 is 0 Å². The largest absolute Gasteiger partial charge is 0.307 e. The molecule has 1 unspecified atom stereocenters. The van der Waals surface area contributed by atoms with Crippen molar-refractivity contribution in [3.8, 4) is 0 Å². The molecule has 2 heterocycles. The quantitative estimate of drug-likeness (QED) is 0.873. The number of hydrogen-bond acceptors (Lipinski definition) is 4. The van der Waals surface area contributed by atoms with E-state index >= 15 is 0 Å². The summed E-state index contributed by atoms with van der Waals surface area (Å²) < 4.78 is 1.77. The van der Waals surface area contributed by atoms with Crippen LogP contribution >= 0.6 is 50.2 Å². The van der Waals surface area contributed by atoms with Crippen LogP contribution in [0.3, 0.4) is 0 Å². The Kier molecular flexibility index (Phi) is 3.78. The minimum atomic E-state index is 0.161. The van der Waals surface area contributed by atoms with Crippen molar-refractivity contribution >= 4 is 50.2 Å². The van der Waals surface area contributed by atoms with Gasteiger partial charge >= 0.3 is 0 Å². The number of aryl methyl sites for hydroxylation is 2. The van der Waals surface area contributed by atoms with E-state index in [1.807, 2.05) is 18.4 Å². The summed E-state index contributed by atoms with van der Waals surface area (Å²) >= 11 is 13.0. The number of fused-ring (bicyclic) bond motifs is 1. The molecule has 0 aliphatic heterocycles. The van der Waals surface area contributed by atoms with Crippen molar-refractivity contribution in [2.45, 2.75) is 25.3 Å². The lowest BCUT2D eigenvalue weighted by atomic mass is 10.2. The Labute approximate surface area is 128 Å². The van der Waals surface area contributed by atoms with Gasteiger partial charge in [0.25, 0.3) is 0 Å². The lowest BCUT2D eigenvalue weighted by Gasteiger charge is -2.11. The molecule has 0 aromatic carbocycles. The number of hydrogen-bond donors (Lipinski definition) is 1. The van der Waals surface area contributed by atoms with Crippen LogP contribution in [-0.4, -0.2) is 12.0 Å². The van der Waals surface area contributed by atoms with Gasteiger partial charge in [0.2, 0.25) is 0 Å². The van der Waals surface area contributed by atoms with Crippen LogP contribution in [0.15, 0.2) is 10.5 Å². The molecule has 96 valence electrons. The maximum Gasteiger partial charge on any atom is 0.115 e. The number of nitrogens with zero attached hydrogens (tertiary/aromatic N) is 1. The first kappa shape index (κ1) is 13.1. The number of thiazole rings is 1. The van der Waals surface area contributed by atoms with Gasteiger partial charge in [0.1, 0.15) is 9.34 Å². The third kappa shape index (κ3) is 2.27. The molecule has 0 amide bonds. The van der Waals surface area contributed by atoms with E-state index in [1.54, 1.807) is 11.3 Å². The van der Waals surface area contributed by atoms with E-state index in [4.69, 9.17) is 16.6 Å². The second kappa shape index (κ2) is 5.21. The molecule has 3 rings (SSSR count). The molecular formula is C12H12BrClN2S2. The minimum absolute atomic E-state index is 0.161. The first-order valence-corrected chi connectivity index (χ1v) is 8.60. The van der Waals surface area contributed by atoms with Crippen molar-refractivity contribution < 1.29 is 0 Å². The molecule has 0 fully saturated rings. The Bertz CT molecular complexity index is 538. The van der Waals surface area contributed by atoms with Crippen LogP contribution in [-0.2, 0) is 12.8 Å². The Hall–Kier alpha value is 0.0600. The van der Waals surface area contributed by atoms with E-state index in [0.717, 1.165) is 20.2 Å². The Morgan fingerprint density at radius 2 is 2.28 bits per heavy atom. The third-order valence-corrected chi connectivity index (χ3v) is 6.86. The molecule has 1 aliphatic rings. The van der Waals surface area contributed by atoms with Crippen LogP contribution in [0.2, 0.25) is 4.34 Å². The monoisotopic (exact) mass is 362 g/mol. The predicted octanol–water partition coefficient (Wildman–Crippen LogP) is 4.42. The normalized spacial score (nSPS) is 15.9. The fraction of sp³-hybridized carbons (Fsp3) is 0.417. The SMILES string of the molecule is CNC(c1cc(Br)c(Cl)s1)c1nc2c(s1)CCC2. The summed E-state index contributed by atoms with van der Waals surface area (Å²) in [6.45, 7) is 0. The molecule has 0 spiro atoms. The van der Waals surface area contributed by atoms with Crippen LogP contribution in [0.5, 0.6) is 0 Å². The maximum absolute atomic E-state index is 6.12. The molecule has 2 aromatic heterocycles. The summed E-state index contributed by atoms with van der Waals surface area (Å²) in [5.41, 5.74) is 1.30. The van der Waals surface area contributed by atoms with Crippen molar-refractivity contribution in [2.24, 2.45) is 0 Å². The fourth-order valence-corrected chi connectivity index (χ4v) is 5.43. The second-order valence-corrected chi connectivity index (χ2v) is 7.92. The predicted molar refractivity (Wildman–Crippen MR) is 82.1 cm³/mol. The molecule has 18 heavy (non-hydrogen) atoms. The Morgan fingerprint density at radius 1 is 1.44 bits per heavy atom. The van der Waals surface area contributed by atoms with Gasteiger partial charge in [0, 0.05) is 14.2 Å². The lowest BCUT2D eigenvalue weighted by Crippen LogP contribution is -2.16. The molecular weight excluding hydrogens is 352 g/mol. The molecule has 6 heteroatoms. The summed E-state index contributed by atoms with van der Waals surface area (Å²) in [4.78, 5) is 7.46. The highest BCUT2D eigenvalue weighted by atomic mass is 79.9. The lowest BCUT2D eigenvalue weighted by molar-refractivity contribution is 0.694. The third-order valence-electron chi connectivity index (χ3n) is 3.10. The van der Waals surface area contributed by atoms with Gasteiger partial charge in [-0.3, -0.25) is 0 Å². The highest BCUT2D eigenvalue weighted by molar-refractivity contribution is 9.10. The van der Waals surface area contributed by atoms with Gasteiger partial charge in [-0.25, -0.2) is 4.98 Å². The Morgan fingerprint density at radius 3 is 2.89 bits per heavy atom. The van der Waals surface area contributed by atoms with E-state index in [2.05, 4.69) is 27.3 Å². The number of aromatic nitrogens is 1. The van der Waals surface area contributed by atoms with Gasteiger partial charge < -0.3 is 5.32 Å². The smallest absolute Gasteiger partial charge is 0.115 e. The molecule has 0 saturated heterocycles. The van der Waals surface area contributed by atoms with Gasteiger partial charge in [-0.2, -0.15) is 0 Å². The van der Waals surface area contributed by atoms with Gasteiger partial charge in [0.05, 0.1) is 11.7 Å². The van der Waals surface area contributed by atoms with Gasteiger partial charge in [-0.05, 0) is 48.3 Å². The maximum atomic E-state index is 6.12. The average molecular weight is 364 g/mol. The van der Waals surface area contributed by atoms with Crippen LogP contribution in [0.25, 0.3) is 0 Å². The molecule has 1 atom stereocenters. The zero-order valence-corrected chi connectivity index (χ0v) is 13.8. The van der Waals surface area contributed by atoms with Crippen molar-refractivity contribution in [3.05, 3.63) is 35.3 Å². The number of nitrogens with one attached hydrogen (secondary N) is 1. The fourth-order valence-electron chi connectivity index (χ4n) is 2.23. The van der Waals surface area contributed by atoms with Crippen LogP contribution < -0.4 is 5.32 Å².